The Bertz CT molecular complexity index is 408. The van der Waals surface area contributed by atoms with E-state index in [1.54, 1.807) is 14.2 Å². The van der Waals surface area contributed by atoms with Crippen LogP contribution in [0.2, 0.25) is 0 Å². The maximum Gasteiger partial charge on any atom is 0.191 e. The van der Waals surface area contributed by atoms with E-state index in [0.29, 0.717) is 12.6 Å². The largest absolute Gasteiger partial charge is 0.388 e. The topological polar surface area (TPSA) is 65.9 Å². The highest BCUT2D eigenvalue weighted by molar-refractivity contribution is 14.0. The summed E-state index contributed by atoms with van der Waals surface area (Å²) in [6.07, 6.45) is 4.96. The number of ether oxygens (including phenoxy) is 1. The number of methoxy groups -OCH3 is 1. The highest BCUT2D eigenvalue weighted by atomic mass is 127. The number of aliphatic imine (C=N–C) groups is 1. The van der Waals surface area contributed by atoms with E-state index in [1.807, 2.05) is 0 Å². The fourth-order valence-corrected chi connectivity index (χ4v) is 3.54. The second-order valence-corrected chi connectivity index (χ2v) is 7.41. The normalized spacial score (nSPS) is 32.8. The predicted molar refractivity (Wildman–Crippen MR) is 101 cm³/mol. The molecule has 0 radical (unpaired) electrons. The molecule has 0 spiro atoms. The van der Waals surface area contributed by atoms with Crippen LogP contribution in [0.1, 0.15) is 52.9 Å². The molecule has 2 aliphatic carbocycles. The van der Waals surface area contributed by atoms with Crippen molar-refractivity contribution in [1.82, 2.24) is 10.6 Å². The van der Waals surface area contributed by atoms with Crippen LogP contribution in [-0.2, 0) is 4.74 Å². The zero-order valence-corrected chi connectivity index (χ0v) is 16.9. The molecule has 2 saturated carbocycles. The van der Waals surface area contributed by atoms with E-state index in [4.69, 9.17) is 4.74 Å². The maximum atomic E-state index is 10.4. The number of hydrogen-bond donors (Lipinski definition) is 3. The Morgan fingerprint density at radius 3 is 2.32 bits per heavy atom. The molecule has 0 aromatic heterocycles. The summed E-state index contributed by atoms with van der Waals surface area (Å²) in [5.74, 6) is 0.770. The third-order valence-electron chi connectivity index (χ3n) is 5.93. The van der Waals surface area contributed by atoms with Gasteiger partial charge in [-0.3, -0.25) is 4.99 Å². The molecule has 0 aliphatic heterocycles. The standard InChI is InChI=1S/C16H31N3O2.HI/c1-14(2)12(10-15(14,3)21-5)19-13(17-4)18-11-16(20)8-6-7-9-16;/h12,20H,6-11H2,1-5H3,(H2,17,18,19);1H. The number of halogens is 1. The van der Waals surface area contributed by atoms with E-state index in [9.17, 15) is 5.11 Å². The molecule has 2 fully saturated rings. The molecule has 22 heavy (non-hydrogen) atoms. The van der Waals surface area contributed by atoms with Crippen LogP contribution in [0.4, 0.5) is 0 Å². The van der Waals surface area contributed by atoms with E-state index in [1.165, 1.54) is 0 Å². The predicted octanol–water partition coefficient (Wildman–Crippen LogP) is 2.28. The summed E-state index contributed by atoms with van der Waals surface area (Å²) in [7, 11) is 3.55. The summed E-state index contributed by atoms with van der Waals surface area (Å²) in [4.78, 5) is 4.28. The van der Waals surface area contributed by atoms with Gasteiger partial charge in [-0.2, -0.15) is 0 Å². The van der Waals surface area contributed by atoms with Gasteiger partial charge in [0.25, 0.3) is 0 Å². The van der Waals surface area contributed by atoms with Crippen LogP contribution in [0.25, 0.3) is 0 Å². The SMILES string of the molecule is CN=C(NCC1(O)CCCC1)NC1CC(C)(OC)C1(C)C.I. The van der Waals surface area contributed by atoms with E-state index in [0.717, 1.165) is 38.1 Å². The monoisotopic (exact) mass is 425 g/mol. The first kappa shape index (κ1) is 20.0. The van der Waals surface area contributed by atoms with Crippen molar-refractivity contribution < 1.29 is 9.84 Å². The summed E-state index contributed by atoms with van der Waals surface area (Å²) < 4.78 is 5.65. The zero-order valence-electron chi connectivity index (χ0n) is 14.5. The zero-order chi connectivity index (χ0) is 15.7. The van der Waals surface area contributed by atoms with Crippen LogP contribution in [0.3, 0.4) is 0 Å². The quantitative estimate of drug-likeness (QED) is 0.368. The van der Waals surface area contributed by atoms with Crippen LogP contribution in [0.5, 0.6) is 0 Å². The molecule has 2 atom stereocenters. The molecule has 2 unspecified atom stereocenters. The lowest BCUT2D eigenvalue weighted by molar-refractivity contribution is -0.176. The molecule has 0 aromatic carbocycles. The van der Waals surface area contributed by atoms with Gasteiger partial charge in [-0.1, -0.05) is 26.7 Å². The number of hydrogen-bond acceptors (Lipinski definition) is 3. The average molecular weight is 425 g/mol. The summed E-state index contributed by atoms with van der Waals surface area (Å²) >= 11 is 0. The van der Waals surface area contributed by atoms with Crippen molar-refractivity contribution in [3.8, 4) is 0 Å². The molecule has 130 valence electrons. The fourth-order valence-electron chi connectivity index (χ4n) is 3.54. The molecule has 3 N–H and O–H groups in total. The van der Waals surface area contributed by atoms with Gasteiger partial charge in [-0.15, -0.1) is 24.0 Å². The Morgan fingerprint density at radius 1 is 1.27 bits per heavy atom. The third kappa shape index (κ3) is 3.70. The van der Waals surface area contributed by atoms with E-state index >= 15 is 0 Å². The van der Waals surface area contributed by atoms with Gasteiger partial charge in [0.2, 0.25) is 0 Å². The number of guanidine groups is 1. The number of aliphatic hydroxyl groups is 1. The van der Waals surface area contributed by atoms with E-state index in [-0.39, 0.29) is 35.0 Å². The van der Waals surface area contributed by atoms with Crippen molar-refractivity contribution in [2.24, 2.45) is 10.4 Å². The Hall–Kier alpha value is -0.0800. The molecular formula is C16H32IN3O2. The first-order valence-corrected chi connectivity index (χ1v) is 8.01. The highest BCUT2D eigenvalue weighted by Gasteiger charge is 2.58. The number of rotatable bonds is 4. The highest BCUT2D eigenvalue weighted by Crippen LogP contribution is 2.51. The van der Waals surface area contributed by atoms with Gasteiger partial charge in [0, 0.05) is 32.2 Å². The Labute approximate surface area is 151 Å². The van der Waals surface area contributed by atoms with Crippen molar-refractivity contribution in [2.75, 3.05) is 20.7 Å². The van der Waals surface area contributed by atoms with Gasteiger partial charge in [0.15, 0.2) is 5.96 Å². The Balaban J connectivity index is 0.00000242. The molecule has 2 rings (SSSR count). The molecule has 5 nitrogen and oxygen atoms in total. The second kappa shape index (κ2) is 7.21. The van der Waals surface area contributed by atoms with Gasteiger partial charge in [0.1, 0.15) is 0 Å². The van der Waals surface area contributed by atoms with Gasteiger partial charge in [-0.25, -0.2) is 0 Å². The molecule has 0 saturated heterocycles. The van der Waals surface area contributed by atoms with Gasteiger partial charge < -0.3 is 20.5 Å². The van der Waals surface area contributed by atoms with Gasteiger partial charge in [-0.05, 0) is 26.2 Å². The van der Waals surface area contributed by atoms with Crippen LogP contribution in [-0.4, -0.2) is 49.0 Å². The van der Waals surface area contributed by atoms with Crippen LogP contribution < -0.4 is 10.6 Å². The second-order valence-electron chi connectivity index (χ2n) is 7.41. The number of nitrogens with one attached hydrogen (secondary N) is 2. The lowest BCUT2D eigenvalue weighted by Crippen LogP contribution is -2.69. The molecule has 0 bridgehead atoms. The summed E-state index contributed by atoms with van der Waals surface area (Å²) in [5, 5.41) is 17.2. The fraction of sp³-hybridized carbons (Fsp3) is 0.938. The lowest BCUT2D eigenvalue weighted by Gasteiger charge is -2.59. The minimum Gasteiger partial charge on any atom is -0.388 e. The van der Waals surface area contributed by atoms with Crippen molar-refractivity contribution in [2.45, 2.75) is 70.1 Å². The van der Waals surface area contributed by atoms with E-state index < -0.39 is 5.60 Å². The summed E-state index contributed by atoms with van der Waals surface area (Å²) in [6, 6.07) is 0.326. The van der Waals surface area contributed by atoms with Crippen molar-refractivity contribution in [3.63, 3.8) is 0 Å². The lowest BCUT2D eigenvalue weighted by atomic mass is 9.56. The van der Waals surface area contributed by atoms with Crippen molar-refractivity contribution >= 4 is 29.9 Å². The summed E-state index contributed by atoms with van der Waals surface area (Å²) in [5.41, 5.74) is -0.607. The van der Waals surface area contributed by atoms with Crippen molar-refractivity contribution in [1.29, 1.82) is 0 Å². The third-order valence-corrected chi connectivity index (χ3v) is 5.93. The molecule has 2 aliphatic rings. The molecular weight excluding hydrogens is 393 g/mol. The maximum absolute atomic E-state index is 10.4. The van der Waals surface area contributed by atoms with Crippen LogP contribution in [0, 0.1) is 5.41 Å². The minimum atomic E-state index is -0.562. The first-order valence-electron chi connectivity index (χ1n) is 8.01. The van der Waals surface area contributed by atoms with Gasteiger partial charge >= 0.3 is 0 Å². The van der Waals surface area contributed by atoms with Crippen LogP contribution in [0.15, 0.2) is 4.99 Å². The molecule has 0 heterocycles. The summed E-state index contributed by atoms with van der Waals surface area (Å²) in [6.45, 7) is 7.16. The molecule has 0 amide bonds. The van der Waals surface area contributed by atoms with Crippen LogP contribution >= 0.6 is 24.0 Å². The Kier molecular flexibility index (Phi) is 6.55. The van der Waals surface area contributed by atoms with Crippen molar-refractivity contribution in [3.05, 3.63) is 0 Å². The molecule has 6 heteroatoms. The van der Waals surface area contributed by atoms with E-state index in [2.05, 4.69) is 36.4 Å². The minimum absolute atomic E-state index is 0. The van der Waals surface area contributed by atoms with Gasteiger partial charge in [0.05, 0.1) is 11.2 Å². The average Bonchev–Trinajstić information content (AvgIpc) is 2.89. The smallest absolute Gasteiger partial charge is 0.191 e. The number of nitrogens with zero attached hydrogens (tertiary/aromatic N) is 1. The first-order chi connectivity index (χ1) is 9.76. The Morgan fingerprint density at radius 2 is 1.86 bits per heavy atom. The molecule has 0 aromatic rings.